The SMILES string of the molecule is Cc1ccc2nc(CCC(=O)O)sc2c1SCc1sc(-c2ccc(C(F)(F)F)cc2)nc1C. The molecule has 172 valence electrons. The van der Waals surface area contributed by atoms with Crippen LogP contribution in [0.3, 0.4) is 0 Å². The third-order valence-electron chi connectivity index (χ3n) is 5.01. The maximum absolute atomic E-state index is 12.8. The number of carboxylic acid groups (broad SMARTS) is 1. The number of alkyl halides is 3. The van der Waals surface area contributed by atoms with Gasteiger partial charge in [-0.25, -0.2) is 9.97 Å². The summed E-state index contributed by atoms with van der Waals surface area (Å²) in [5.41, 5.74) is 2.83. The highest BCUT2D eigenvalue weighted by Crippen LogP contribution is 2.39. The number of nitrogens with zero attached hydrogens (tertiary/aromatic N) is 2. The number of rotatable bonds is 7. The van der Waals surface area contributed by atoms with E-state index in [9.17, 15) is 18.0 Å². The molecular weight excluding hydrogens is 489 g/mol. The first-order chi connectivity index (χ1) is 15.6. The van der Waals surface area contributed by atoms with Crippen molar-refractivity contribution in [1.82, 2.24) is 9.97 Å². The van der Waals surface area contributed by atoms with Gasteiger partial charge in [0, 0.05) is 27.5 Å². The monoisotopic (exact) mass is 508 g/mol. The Bertz CT molecular complexity index is 1310. The first-order valence-corrected chi connectivity index (χ1v) is 12.6. The Morgan fingerprint density at radius 1 is 1.06 bits per heavy atom. The lowest BCUT2D eigenvalue weighted by molar-refractivity contribution is -0.138. The van der Waals surface area contributed by atoms with Gasteiger partial charge < -0.3 is 5.11 Å². The van der Waals surface area contributed by atoms with E-state index in [1.807, 2.05) is 26.0 Å². The van der Waals surface area contributed by atoms with Crippen molar-refractivity contribution in [2.45, 2.75) is 43.5 Å². The largest absolute Gasteiger partial charge is 0.481 e. The standard InChI is InChI=1S/C23H19F3N2O2S3/c1-12-3-8-16-21(33-18(28-16)9-10-19(29)30)20(12)31-11-17-13(2)27-22(32-17)14-4-6-15(7-5-14)23(24,25)26/h3-8H,9-11H2,1-2H3,(H,29,30). The summed E-state index contributed by atoms with van der Waals surface area (Å²) in [4.78, 5) is 22.2. The third kappa shape index (κ3) is 5.39. The molecule has 4 aromatic rings. The van der Waals surface area contributed by atoms with E-state index in [-0.39, 0.29) is 6.42 Å². The topological polar surface area (TPSA) is 63.1 Å². The van der Waals surface area contributed by atoms with Gasteiger partial charge in [-0.15, -0.1) is 34.4 Å². The van der Waals surface area contributed by atoms with Crippen molar-refractivity contribution in [2.24, 2.45) is 0 Å². The number of fused-ring (bicyclic) bond motifs is 1. The van der Waals surface area contributed by atoms with Gasteiger partial charge in [-0.2, -0.15) is 13.2 Å². The summed E-state index contributed by atoms with van der Waals surface area (Å²) in [5.74, 6) is -0.170. The lowest BCUT2D eigenvalue weighted by atomic mass is 10.1. The molecule has 0 saturated carbocycles. The third-order valence-corrected chi connectivity index (χ3v) is 8.92. The van der Waals surface area contributed by atoms with E-state index < -0.39 is 17.7 Å². The molecule has 0 fully saturated rings. The Morgan fingerprint density at radius 3 is 2.45 bits per heavy atom. The predicted octanol–water partition coefficient (Wildman–Crippen LogP) is 7.36. The predicted molar refractivity (Wildman–Crippen MR) is 127 cm³/mol. The van der Waals surface area contributed by atoms with Crippen molar-refractivity contribution in [3.05, 3.63) is 63.1 Å². The van der Waals surface area contributed by atoms with Gasteiger partial charge in [-0.1, -0.05) is 18.2 Å². The van der Waals surface area contributed by atoms with Gasteiger partial charge in [0.1, 0.15) is 5.01 Å². The highest BCUT2D eigenvalue weighted by Gasteiger charge is 2.30. The maximum atomic E-state index is 12.8. The Labute approximate surface area is 200 Å². The number of hydrogen-bond donors (Lipinski definition) is 1. The fourth-order valence-electron chi connectivity index (χ4n) is 3.24. The number of aromatic nitrogens is 2. The minimum absolute atomic E-state index is 0.0497. The maximum Gasteiger partial charge on any atom is 0.416 e. The van der Waals surface area contributed by atoms with Crippen LogP contribution < -0.4 is 0 Å². The summed E-state index contributed by atoms with van der Waals surface area (Å²) in [5, 5.41) is 10.4. The minimum Gasteiger partial charge on any atom is -0.481 e. The second-order valence-corrected chi connectivity index (χ2v) is 10.6. The van der Waals surface area contributed by atoms with Gasteiger partial charge in [0.05, 0.1) is 32.9 Å². The van der Waals surface area contributed by atoms with E-state index in [0.717, 1.165) is 48.4 Å². The van der Waals surface area contributed by atoms with Gasteiger partial charge >= 0.3 is 12.1 Å². The zero-order valence-electron chi connectivity index (χ0n) is 17.7. The number of halogens is 3. The summed E-state index contributed by atoms with van der Waals surface area (Å²) >= 11 is 4.68. The summed E-state index contributed by atoms with van der Waals surface area (Å²) in [6, 6.07) is 9.04. The number of thiazole rings is 2. The molecule has 0 radical (unpaired) electrons. The molecule has 1 N–H and O–H groups in total. The van der Waals surface area contributed by atoms with Crippen LogP contribution in [0.4, 0.5) is 13.2 Å². The quantitative estimate of drug-likeness (QED) is 0.264. The van der Waals surface area contributed by atoms with Gasteiger partial charge in [-0.05, 0) is 37.6 Å². The molecule has 2 heterocycles. The molecule has 2 aromatic carbocycles. The Balaban J connectivity index is 1.54. The van der Waals surface area contributed by atoms with E-state index in [1.54, 1.807) is 11.8 Å². The van der Waals surface area contributed by atoms with Crippen LogP contribution in [-0.2, 0) is 23.1 Å². The lowest BCUT2D eigenvalue weighted by Crippen LogP contribution is -2.03. The fourth-order valence-corrected chi connectivity index (χ4v) is 6.89. The lowest BCUT2D eigenvalue weighted by Gasteiger charge is -2.06. The number of thioether (sulfide) groups is 1. The summed E-state index contributed by atoms with van der Waals surface area (Å²) in [6.07, 6.45) is -3.90. The smallest absolute Gasteiger partial charge is 0.416 e. The Kier molecular flexibility index (Phi) is 6.78. The fraction of sp³-hybridized carbons (Fsp3) is 0.261. The van der Waals surface area contributed by atoms with Gasteiger partial charge in [0.15, 0.2) is 0 Å². The second kappa shape index (κ2) is 9.44. The normalized spacial score (nSPS) is 11.9. The molecule has 0 aliphatic heterocycles. The molecule has 2 aromatic heterocycles. The van der Waals surface area contributed by atoms with E-state index in [2.05, 4.69) is 9.97 Å². The molecular formula is C23H19F3N2O2S3. The summed E-state index contributed by atoms with van der Waals surface area (Å²) < 4.78 is 39.5. The van der Waals surface area contributed by atoms with Crippen molar-refractivity contribution in [3.63, 3.8) is 0 Å². The summed E-state index contributed by atoms with van der Waals surface area (Å²) in [6.45, 7) is 3.94. The van der Waals surface area contributed by atoms with Gasteiger partial charge in [0.2, 0.25) is 0 Å². The minimum atomic E-state index is -4.36. The molecule has 0 aliphatic carbocycles. The molecule has 4 nitrogen and oxygen atoms in total. The molecule has 4 rings (SSSR count). The van der Waals surface area contributed by atoms with Crippen molar-refractivity contribution < 1.29 is 23.1 Å². The molecule has 10 heteroatoms. The highest BCUT2D eigenvalue weighted by atomic mass is 32.2. The second-order valence-electron chi connectivity index (χ2n) is 7.45. The average molecular weight is 509 g/mol. The Hall–Kier alpha value is -2.43. The van der Waals surface area contributed by atoms with Crippen LogP contribution in [0.25, 0.3) is 20.8 Å². The van der Waals surface area contributed by atoms with E-state index in [1.165, 1.54) is 34.8 Å². The molecule has 0 bridgehead atoms. The molecule has 0 aliphatic rings. The molecule has 33 heavy (non-hydrogen) atoms. The van der Waals surface area contributed by atoms with Gasteiger partial charge in [0.25, 0.3) is 0 Å². The van der Waals surface area contributed by atoms with Crippen molar-refractivity contribution in [1.29, 1.82) is 0 Å². The number of benzene rings is 2. The zero-order valence-corrected chi connectivity index (χ0v) is 20.1. The number of carbonyl (C=O) groups is 1. The van der Waals surface area contributed by atoms with Crippen LogP contribution in [0.1, 0.15) is 33.1 Å². The van der Waals surface area contributed by atoms with E-state index >= 15 is 0 Å². The first kappa shape index (κ1) is 23.7. The van der Waals surface area contributed by atoms with Crippen LogP contribution in [0.5, 0.6) is 0 Å². The number of aryl methyl sites for hydroxylation is 3. The molecule has 0 saturated heterocycles. The van der Waals surface area contributed by atoms with E-state index in [0.29, 0.717) is 22.7 Å². The van der Waals surface area contributed by atoms with Crippen LogP contribution in [0.2, 0.25) is 0 Å². The van der Waals surface area contributed by atoms with Crippen LogP contribution in [-0.4, -0.2) is 21.0 Å². The number of hydrogen-bond acceptors (Lipinski definition) is 6. The Morgan fingerprint density at radius 2 is 1.79 bits per heavy atom. The zero-order chi connectivity index (χ0) is 23.8. The van der Waals surface area contributed by atoms with Crippen LogP contribution in [0.15, 0.2) is 41.3 Å². The van der Waals surface area contributed by atoms with E-state index in [4.69, 9.17) is 5.11 Å². The summed E-state index contributed by atoms with van der Waals surface area (Å²) in [7, 11) is 0. The average Bonchev–Trinajstić information content (AvgIpc) is 3.34. The molecule has 0 unspecified atom stereocenters. The van der Waals surface area contributed by atoms with Crippen LogP contribution >= 0.6 is 34.4 Å². The highest BCUT2D eigenvalue weighted by molar-refractivity contribution is 7.99. The molecule has 0 atom stereocenters. The van der Waals surface area contributed by atoms with Crippen molar-refractivity contribution in [2.75, 3.05) is 0 Å². The van der Waals surface area contributed by atoms with Crippen molar-refractivity contribution >= 4 is 50.6 Å². The van der Waals surface area contributed by atoms with Crippen LogP contribution in [0, 0.1) is 13.8 Å². The number of aliphatic carboxylic acids is 1. The van der Waals surface area contributed by atoms with Crippen molar-refractivity contribution in [3.8, 4) is 10.6 Å². The molecule has 0 amide bonds. The first-order valence-electron chi connectivity index (χ1n) is 9.99. The molecule has 0 spiro atoms. The number of carboxylic acids is 1. The van der Waals surface area contributed by atoms with Gasteiger partial charge in [-0.3, -0.25) is 4.79 Å².